The molecule has 0 saturated heterocycles. The smallest absolute Gasteiger partial charge is 0.304 e. The van der Waals surface area contributed by atoms with Crippen LogP contribution >= 0.6 is 11.6 Å². The zero-order valence-electron chi connectivity index (χ0n) is 49.2. The number of carboxylic acid groups (broad SMARTS) is 1. The molecule has 0 aromatic rings. The van der Waals surface area contributed by atoms with Gasteiger partial charge >= 0.3 is 5.97 Å². The number of fused-ring (bicyclic) bond motifs is 7. The number of hydrazone groups is 1. The van der Waals surface area contributed by atoms with Crippen molar-refractivity contribution in [1.29, 1.82) is 0 Å². The van der Waals surface area contributed by atoms with E-state index in [1.54, 1.807) is 11.6 Å². The van der Waals surface area contributed by atoms with Crippen molar-refractivity contribution in [3.8, 4) is 0 Å². The summed E-state index contributed by atoms with van der Waals surface area (Å²) < 4.78 is 0. The predicted molar refractivity (Wildman–Crippen MR) is 323 cm³/mol. The first-order chi connectivity index (χ1) is 33.6. The van der Waals surface area contributed by atoms with E-state index in [0.29, 0.717) is 45.8 Å². The molecule has 4 fully saturated rings. The summed E-state index contributed by atoms with van der Waals surface area (Å²) in [4.78, 5) is 41.3. The highest BCUT2D eigenvalue weighted by Gasteiger charge is 2.64. The van der Waals surface area contributed by atoms with Crippen LogP contribution in [0.1, 0.15) is 189 Å². The first kappa shape index (κ1) is 77.1. The van der Waals surface area contributed by atoms with Crippen LogP contribution in [0.4, 0.5) is 0 Å². The molecule has 74 heavy (non-hydrogen) atoms. The molecule has 0 aromatic carbocycles. The average molecular weight is 1060 g/mol. The second-order valence-corrected chi connectivity index (χ2v) is 23.8. The number of ketones is 1. The summed E-state index contributed by atoms with van der Waals surface area (Å²) in [7, 11) is 6.20. The summed E-state index contributed by atoms with van der Waals surface area (Å²) >= 11 is 5.15. The van der Waals surface area contributed by atoms with E-state index in [9.17, 15) is 14.4 Å². The number of nitrogens with zero attached hydrogens (tertiary/aromatic N) is 3. The number of allylic oxidation sites excluding steroid dienone is 9. The van der Waals surface area contributed by atoms with E-state index in [-0.39, 0.29) is 43.4 Å². The molecule has 0 bridgehead atoms. The first-order valence-corrected chi connectivity index (χ1v) is 27.2. The van der Waals surface area contributed by atoms with Gasteiger partial charge in [-0.15, -0.1) is 6.58 Å². The number of Topliss-reactive ketones (excluding diaryl/α,β-unsaturated/α-hetero) is 1. The molecular formula is C63H115ClN4O6. The first-order valence-electron chi connectivity index (χ1n) is 26.8. The summed E-state index contributed by atoms with van der Waals surface area (Å²) in [6.45, 7) is 44.0. The van der Waals surface area contributed by atoms with Gasteiger partial charge in [-0.1, -0.05) is 166 Å². The van der Waals surface area contributed by atoms with Crippen molar-refractivity contribution in [2.24, 2.45) is 78.6 Å². The standard InChI is InChI=1S/C41H66N4O.C7H12O2.C5H10O.C4H5Cl.C2H6.2CH4O.2CH4/c1-11-12-30(27(2)3)18-22-43-44-36(42-23-24-45(9)10)26-41-21-17-33-31(38(41)37(28(4)5)34(46)25-41)13-14-35-39(7)19-15-29(6)32(39)16-20-40(33,35)8;1-4-7(2,3)5-6(8)9;1-5(2,3)4-6;1-3-4(2)5;3*1-2;;/h11-12,18,22,27-29,31-33,35H,13-17,19-21,23-26H2,1-10H3,(H,42,44);4H,1,5H2,2-3H3,(H,8,9);4H,1-3H3;3H,1-2H2;1-2H3;2*2H,1H3;2*1H4/b12-11-,30-18+,43-22+;;;;;;;;. The quantitative estimate of drug-likeness (QED) is 0.0335. The molecule has 10 nitrogen and oxygen atoms in total. The number of aliphatic hydroxyl groups is 2. The number of rotatable bonds is 14. The third-order valence-corrected chi connectivity index (χ3v) is 15.7. The van der Waals surface area contributed by atoms with Gasteiger partial charge in [-0.25, -0.2) is 0 Å². The van der Waals surface area contributed by atoms with Crippen LogP contribution < -0.4 is 5.43 Å². The molecule has 0 spiro atoms. The summed E-state index contributed by atoms with van der Waals surface area (Å²) in [6, 6.07) is 0. The van der Waals surface area contributed by atoms with Crippen LogP contribution in [-0.4, -0.2) is 91.7 Å². The number of aliphatic hydroxyl groups excluding tert-OH is 2. The van der Waals surface area contributed by atoms with E-state index in [4.69, 9.17) is 31.9 Å². The van der Waals surface area contributed by atoms with Crippen LogP contribution in [0.2, 0.25) is 0 Å². The summed E-state index contributed by atoms with van der Waals surface area (Å²) in [6.07, 6.45) is 24.4. The molecule has 0 radical (unpaired) electrons. The maximum atomic E-state index is 14.0. The number of hydrogen-bond acceptors (Lipinski definition) is 8. The number of amidine groups is 1. The Hall–Kier alpha value is -3.44. The van der Waals surface area contributed by atoms with Gasteiger partial charge in [0.05, 0.1) is 13.0 Å². The minimum Gasteiger partial charge on any atom is -0.481 e. The third kappa shape index (κ3) is 23.0. The molecule has 4 saturated carbocycles. The molecule has 0 aliphatic heterocycles. The van der Waals surface area contributed by atoms with E-state index in [2.05, 4.69) is 123 Å². The van der Waals surface area contributed by atoms with Crippen LogP contribution in [0.3, 0.4) is 0 Å². The highest BCUT2D eigenvalue weighted by Crippen LogP contribution is 2.72. The molecule has 5 aliphatic carbocycles. The molecule has 4 N–H and O–H groups in total. The monoisotopic (exact) mass is 1060 g/mol. The van der Waals surface area contributed by atoms with Crippen LogP contribution in [0.5, 0.6) is 0 Å². The maximum Gasteiger partial charge on any atom is 0.304 e. The Morgan fingerprint density at radius 3 is 1.86 bits per heavy atom. The number of aldehydes is 1. The number of nitrogens with one attached hydrogen (secondary N) is 1. The molecule has 0 heterocycles. The lowest BCUT2D eigenvalue weighted by Gasteiger charge is -2.64. The Morgan fingerprint density at radius 2 is 1.43 bits per heavy atom. The van der Waals surface area contributed by atoms with Crippen molar-refractivity contribution in [2.45, 2.75) is 189 Å². The fourth-order valence-electron chi connectivity index (χ4n) is 12.2. The van der Waals surface area contributed by atoms with Crippen molar-refractivity contribution < 1.29 is 29.7 Å². The number of carboxylic acids is 1. The van der Waals surface area contributed by atoms with E-state index in [1.807, 2.05) is 54.7 Å². The van der Waals surface area contributed by atoms with Crippen LogP contribution in [0.15, 0.2) is 82.0 Å². The second kappa shape index (κ2) is 36.6. The van der Waals surface area contributed by atoms with Gasteiger partial charge in [-0.3, -0.25) is 20.0 Å². The third-order valence-electron chi connectivity index (χ3n) is 15.6. The Balaban J connectivity index is -0.000000729. The SMILES string of the molecule is C.C.C=CC(=C)Cl.C=CC(C)(C)CC(=O)O.CC.CC(C)(C)C=O.CO.CO.C\C=C/C(=C\C=N\NC(CC12CCC3C(CCC4C5(C)CCC(C)C5CCC34C)C1=C(C(C)C)C(=O)C2)=NCCN(C)C)C(C)C. The Bertz CT molecular complexity index is 1850. The molecular weight excluding hydrogens is 944 g/mol. The van der Waals surface area contributed by atoms with E-state index < -0.39 is 5.97 Å². The number of carbonyl (C=O) groups is 3. The van der Waals surface area contributed by atoms with Crippen molar-refractivity contribution in [3.63, 3.8) is 0 Å². The van der Waals surface area contributed by atoms with Gasteiger partial charge < -0.3 is 25.0 Å². The number of likely N-dealkylation sites (N-methyl/N-ethyl adjacent to an activating group) is 1. The zero-order chi connectivity index (χ0) is 56.4. The lowest BCUT2D eigenvalue weighted by atomic mass is 9.40. The molecule has 430 valence electrons. The highest BCUT2D eigenvalue weighted by atomic mass is 35.5. The largest absolute Gasteiger partial charge is 0.481 e. The highest BCUT2D eigenvalue weighted by molar-refractivity contribution is 6.30. The molecule has 8 atom stereocenters. The lowest BCUT2D eigenvalue weighted by Crippen LogP contribution is -2.57. The van der Waals surface area contributed by atoms with Crippen molar-refractivity contribution in [3.05, 3.63) is 71.9 Å². The Labute approximate surface area is 460 Å². The normalized spacial score (nSPS) is 26.8. The van der Waals surface area contributed by atoms with Crippen molar-refractivity contribution >= 4 is 41.7 Å². The Morgan fingerprint density at radius 1 is 0.919 bits per heavy atom. The molecule has 5 rings (SSSR count). The topological polar surface area (TPSA) is 152 Å². The van der Waals surface area contributed by atoms with Gasteiger partial charge in [0.1, 0.15) is 12.1 Å². The molecule has 11 heteroatoms. The van der Waals surface area contributed by atoms with Gasteiger partial charge in [0.15, 0.2) is 5.78 Å². The van der Waals surface area contributed by atoms with Crippen LogP contribution in [0.25, 0.3) is 0 Å². The maximum absolute atomic E-state index is 14.0. The predicted octanol–water partition coefficient (Wildman–Crippen LogP) is 15.6. The summed E-state index contributed by atoms with van der Waals surface area (Å²) in [5, 5.41) is 27.5. The van der Waals surface area contributed by atoms with Crippen LogP contribution in [0, 0.1) is 68.5 Å². The number of aliphatic imine (C=N–C) groups is 1. The van der Waals surface area contributed by atoms with Gasteiger partial charge in [0.2, 0.25) is 0 Å². The van der Waals surface area contributed by atoms with Gasteiger partial charge in [0.25, 0.3) is 0 Å². The number of aliphatic carboxylic acids is 1. The fourth-order valence-corrected chi connectivity index (χ4v) is 12.2. The minimum absolute atomic E-state index is 0. The van der Waals surface area contributed by atoms with E-state index in [1.165, 1.54) is 62.2 Å². The molecule has 0 amide bonds. The van der Waals surface area contributed by atoms with E-state index in [0.717, 1.165) is 70.0 Å². The fraction of sp³-hybridized carbons (Fsp3) is 0.730. The van der Waals surface area contributed by atoms with Gasteiger partial charge in [-0.05, 0) is 147 Å². The van der Waals surface area contributed by atoms with Crippen molar-refractivity contribution in [1.82, 2.24) is 10.3 Å². The average Bonchev–Trinajstić information content (AvgIpc) is 3.80. The second-order valence-electron chi connectivity index (χ2n) is 23.3. The number of halogens is 1. The molecule has 8 unspecified atom stereocenters. The summed E-state index contributed by atoms with van der Waals surface area (Å²) in [5.41, 5.74) is 7.72. The number of carbonyl (C=O) groups excluding carboxylic acids is 2. The number of hydrogen-bond donors (Lipinski definition) is 4. The summed E-state index contributed by atoms with van der Waals surface area (Å²) in [5.74, 6) is 5.09. The molecule has 0 aromatic heterocycles. The van der Waals surface area contributed by atoms with Gasteiger partial charge in [-0.2, -0.15) is 5.10 Å². The van der Waals surface area contributed by atoms with Crippen LogP contribution in [-0.2, 0) is 14.4 Å². The molecule has 5 aliphatic rings. The zero-order valence-corrected chi connectivity index (χ0v) is 49.9. The van der Waals surface area contributed by atoms with Crippen molar-refractivity contribution in [2.75, 3.05) is 41.4 Å². The van der Waals surface area contributed by atoms with E-state index >= 15 is 0 Å². The lowest BCUT2D eigenvalue weighted by molar-refractivity contribution is -0.138. The Kier molecular flexibility index (Phi) is 38.1. The van der Waals surface area contributed by atoms with Gasteiger partial charge in [0, 0.05) is 55.7 Å². The minimum atomic E-state index is -0.778.